The van der Waals surface area contributed by atoms with Crippen LogP contribution in [0, 0.1) is 0 Å². The minimum atomic E-state index is 0. The lowest BCUT2D eigenvalue weighted by Crippen LogP contribution is -2.37. The molecule has 0 aliphatic rings. The van der Waals surface area contributed by atoms with E-state index >= 15 is 0 Å². The Labute approximate surface area is 144 Å². The molecule has 21 heavy (non-hydrogen) atoms. The van der Waals surface area contributed by atoms with E-state index in [0.717, 1.165) is 36.9 Å². The number of guanidine groups is 1. The molecule has 5 nitrogen and oxygen atoms in total. The highest BCUT2D eigenvalue weighted by molar-refractivity contribution is 14.0. The number of nitrogens with zero attached hydrogens (tertiary/aromatic N) is 2. The first-order valence-corrected chi connectivity index (χ1v) is 7.26. The van der Waals surface area contributed by atoms with E-state index in [9.17, 15) is 0 Å². The van der Waals surface area contributed by atoms with Crippen LogP contribution in [-0.2, 0) is 6.54 Å². The summed E-state index contributed by atoms with van der Waals surface area (Å²) < 4.78 is 5.27. The van der Waals surface area contributed by atoms with Gasteiger partial charge in [-0.3, -0.25) is 0 Å². The van der Waals surface area contributed by atoms with Crippen molar-refractivity contribution in [3.63, 3.8) is 0 Å². The number of hydrogen-bond donors (Lipinski definition) is 2. The van der Waals surface area contributed by atoms with Crippen LogP contribution in [0.5, 0.6) is 0 Å². The highest BCUT2D eigenvalue weighted by Crippen LogP contribution is 2.14. The fourth-order valence-electron chi connectivity index (χ4n) is 1.61. The van der Waals surface area contributed by atoms with Gasteiger partial charge in [0.05, 0.1) is 5.69 Å². The average Bonchev–Trinajstić information content (AvgIpc) is 2.90. The van der Waals surface area contributed by atoms with Gasteiger partial charge in [0.25, 0.3) is 0 Å². The van der Waals surface area contributed by atoms with Crippen LogP contribution < -0.4 is 10.6 Å². The lowest BCUT2D eigenvalue weighted by molar-refractivity contribution is 0.376. The van der Waals surface area contributed by atoms with Crippen LogP contribution >= 0.6 is 24.0 Å². The van der Waals surface area contributed by atoms with Crippen LogP contribution in [-0.4, -0.2) is 24.2 Å². The van der Waals surface area contributed by atoms with Crippen molar-refractivity contribution >= 4 is 29.9 Å². The van der Waals surface area contributed by atoms with Crippen molar-refractivity contribution in [3.05, 3.63) is 29.7 Å². The van der Waals surface area contributed by atoms with E-state index in [4.69, 9.17) is 4.52 Å². The molecule has 0 fully saturated rings. The van der Waals surface area contributed by atoms with Crippen LogP contribution in [0.4, 0.5) is 0 Å². The monoisotopic (exact) mass is 406 g/mol. The van der Waals surface area contributed by atoms with E-state index in [0.29, 0.717) is 12.5 Å². The van der Waals surface area contributed by atoms with E-state index in [1.54, 1.807) is 0 Å². The Morgan fingerprint density at radius 2 is 2.19 bits per heavy atom. The standard InChI is InChI=1S/C15H26N4O.HI/c1-5-7-8-9-17-15(16-6-2)18-11-13-10-14(12(3)4)19-20-13;/h5,7,10,12H,6,8-9,11H2,1-4H3,(H2,16,17,18);1H. The van der Waals surface area contributed by atoms with Gasteiger partial charge < -0.3 is 15.2 Å². The molecule has 0 aliphatic carbocycles. The predicted molar refractivity (Wildman–Crippen MR) is 98.3 cm³/mol. The van der Waals surface area contributed by atoms with Crippen molar-refractivity contribution in [3.8, 4) is 0 Å². The molecule has 0 saturated carbocycles. The van der Waals surface area contributed by atoms with Gasteiger partial charge in [-0.15, -0.1) is 24.0 Å². The highest BCUT2D eigenvalue weighted by Gasteiger charge is 2.07. The summed E-state index contributed by atoms with van der Waals surface area (Å²) in [5.41, 5.74) is 0.973. The van der Waals surface area contributed by atoms with Gasteiger partial charge in [0.15, 0.2) is 11.7 Å². The Morgan fingerprint density at radius 3 is 2.76 bits per heavy atom. The summed E-state index contributed by atoms with van der Waals surface area (Å²) in [5, 5.41) is 10.5. The molecule has 120 valence electrons. The van der Waals surface area contributed by atoms with Crippen molar-refractivity contribution in [2.24, 2.45) is 4.99 Å². The third kappa shape index (κ3) is 8.08. The molecule has 0 unspecified atom stereocenters. The van der Waals surface area contributed by atoms with Crippen molar-refractivity contribution in [2.45, 2.75) is 46.6 Å². The van der Waals surface area contributed by atoms with E-state index < -0.39 is 0 Å². The van der Waals surface area contributed by atoms with Crippen LogP contribution in [0.3, 0.4) is 0 Å². The molecule has 0 amide bonds. The molecule has 1 rings (SSSR count). The maximum absolute atomic E-state index is 5.27. The largest absolute Gasteiger partial charge is 0.359 e. The van der Waals surface area contributed by atoms with E-state index in [1.165, 1.54) is 0 Å². The van der Waals surface area contributed by atoms with Crippen LogP contribution in [0.1, 0.15) is 51.5 Å². The summed E-state index contributed by atoms with van der Waals surface area (Å²) in [6.45, 7) is 10.5. The third-order valence-electron chi connectivity index (χ3n) is 2.75. The summed E-state index contributed by atoms with van der Waals surface area (Å²) in [6.07, 6.45) is 5.16. The normalized spacial score (nSPS) is 11.8. The second-order valence-electron chi connectivity index (χ2n) is 4.85. The number of hydrogen-bond acceptors (Lipinski definition) is 3. The Kier molecular flexibility index (Phi) is 11.0. The molecule has 0 spiro atoms. The second-order valence-corrected chi connectivity index (χ2v) is 4.85. The van der Waals surface area contributed by atoms with Gasteiger partial charge in [0, 0.05) is 19.2 Å². The first-order chi connectivity index (χ1) is 9.67. The van der Waals surface area contributed by atoms with Gasteiger partial charge >= 0.3 is 0 Å². The minimum absolute atomic E-state index is 0. The summed E-state index contributed by atoms with van der Waals surface area (Å²) in [7, 11) is 0. The molecule has 1 heterocycles. The number of aromatic nitrogens is 1. The minimum Gasteiger partial charge on any atom is -0.359 e. The molecule has 6 heteroatoms. The highest BCUT2D eigenvalue weighted by atomic mass is 127. The average molecular weight is 406 g/mol. The summed E-state index contributed by atoms with van der Waals surface area (Å²) in [6, 6.07) is 1.97. The van der Waals surface area contributed by atoms with E-state index in [2.05, 4.69) is 47.6 Å². The fourth-order valence-corrected chi connectivity index (χ4v) is 1.61. The Morgan fingerprint density at radius 1 is 1.43 bits per heavy atom. The lowest BCUT2D eigenvalue weighted by Gasteiger charge is -2.09. The van der Waals surface area contributed by atoms with Gasteiger partial charge in [-0.05, 0) is 26.2 Å². The number of rotatable bonds is 7. The third-order valence-corrected chi connectivity index (χ3v) is 2.75. The van der Waals surface area contributed by atoms with Crippen molar-refractivity contribution in [2.75, 3.05) is 13.1 Å². The lowest BCUT2D eigenvalue weighted by atomic mass is 10.1. The van der Waals surface area contributed by atoms with Crippen molar-refractivity contribution < 1.29 is 4.52 Å². The number of halogens is 1. The number of nitrogens with one attached hydrogen (secondary N) is 2. The van der Waals surface area contributed by atoms with Gasteiger partial charge in [0.1, 0.15) is 6.54 Å². The molecular formula is C15H27IN4O. The topological polar surface area (TPSA) is 62.5 Å². The molecular weight excluding hydrogens is 379 g/mol. The molecule has 0 bridgehead atoms. The first kappa shape index (κ1) is 19.9. The molecule has 0 aromatic carbocycles. The van der Waals surface area contributed by atoms with Gasteiger partial charge in [-0.1, -0.05) is 31.2 Å². The molecule has 2 N–H and O–H groups in total. The molecule has 1 aromatic heterocycles. The van der Waals surface area contributed by atoms with Crippen molar-refractivity contribution in [1.82, 2.24) is 15.8 Å². The predicted octanol–water partition coefficient (Wildman–Crippen LogP) is 3.44. The summed E-state index contributed by atoms with van der Waals surface area (Å²) in [5.74, 6) is 1.97. The SMILES string of the molecule is CC=CCCNC(=NCc1cc(C(C)C)no1)NCC.I. The van der Waals surface area contributed by atoms with Crippen LogP contribution in [0.25, 0.3) is 0 Å². The zero-order chi connectivity index (χ0) is 14.8. The van der Waals surface area contributed by atoms with Gasteiger partial charge in [0.2, 0.25) is 0 Å². The zero-order valence-electron chi connectivity index (χ0n) is 13.3. The van der Waals surface area contributed by atoms with Gasteiger partial charge in [-0.25, -0.2) is 4.99 Å². The number of aliphatic imine (C=N–C) groups is 1. The Bertz CT molecular complexity index is 441. The maximum atomic E-state index is 5.27. The Hall–Kier alpha value is -1.05. The fraction of sp³-hybridized carbons (Fsp3) is 0.600. The molecule has 0 aliphatic heterocycles. The molecule has 0 radical (unpaired) electrons. The van der Waals surface area contributed by atoms with Gasteiger partial charge in [-0.2, -0.15) is 0 Å². The first-order valence-electron chi connectivity index (χ1n) is 7.26. The molecule has 0 saturated heterocycles. The zero-order valence-corrected chi connectivity index (χ0v) is 15.7. The maximum Gasteiger partial charge on any atom is 0.191 e. The Balaban J connectivity index is 0.00000400. The second kappa shape index (κ2) is 11.6. The molecule has 1 aromatic rings. The smallest absolute Gasteiger partial charge is 0.191 e. The summed E-state index contributed by atoms with van der Waals surface area (Å²) in [4.78, 5) is 4.49. The van der Waals surface area contributed by atoms with E-state index in [-0.39, 0.29) is 24.0 Å². The van der Waals surface area contributed by atoms with Crippen LogP contribution in [0.2, 0.25) is 0 Å². The summed E-state index contributed by atoms with van der Waals surface area (Å²) >= 11 is 0. The van der Waals surface area contributed by atoms with Crippen molar-refractivity contribution in [1.29, 1.82) is 0 Å². The quantitative estimate of drug-likeness (QED) is 0.240. The van der Waals surface area contributed by atoms with E-state index in [1.807, 2.05) is 19.1 Å². The molecule has 0 atom stereocenters. The van der Waals surface area contributed by atoms with Crippen LogP contribution in [0.15, 0.2) is 27.7 Å². The number of allylic oxidation sites excluding steroid dienone is 1.